The molecule has 0 radical (unpaired) electrons. The maximum Gasteiger partial charge on any atom is 0.254 e. The van der Waals surface area contributed by atoms with Crippen LogP contribution in [0.1, 0.15) is 49.4 Å². The van der Waals surface area contributed by atoms with Crippen molar-refractivity contribution in [3.05, 3.63) is 36.2 Å². The summed E-state index contributed by atoms with van der Waals surface area (Å²) in [5.74, 6) is 2.49. The highest BCUT2D eigenvalue weighted by Gasteiger charge is 2.24. The van der Waals surface area contributed by atoms with Gasteiger partial charge in [-0.2, -0.15) is 4.98 Å². The Kier molecular flexibility index (Phi) is 7.69. The Morgan fingerprint density at radius 3 is 2.62 bits per heavy atom. The second kappa shape index (κ2) is 10.4. The van der Waals surface area contributed by atoms with E-state index in [1.165, 1.54) is 0 Å². The lowest BCUT2D eigenvalue weighted by Gasteiger charge is -2.30. The third-order valence-corrected chi connectivity index (χ3v) is 6.16. The maximum atomic E-state index is 12.8. The molecule has 2 aromatic heterocycles. The van der Waals surface area contributed by atoms with Gasteiger partial charge in [0.05, 0.1) is 5.56 Å². The van der Waals surface area contributed by atoms with Gasteiger partial charge in [0.25, 0.3) is 5.91 Å². The topological polar surface area (TPSA) is 83.0 Å². The first-order chi connectivity index (χ1) is 14.1. The molecule has 0 aromatic carbocycles. The van der Waals surface area contributed by atoms with E-state index >= 15 is 0 Å². The molecule has 0 aliphatic heterocycles. The molecule has 0 atom stereocenters. The van der Waals surface area contributed by atoms with Gasteiger partial charge < -0.3 is 15.5 Å². The summed E-state index contributed by atoms with van der Waals surface area (Å²) in [5.41, 5.74) is 0.681. The molecule has 0 unspecified atom stereocenters. The number of carbonyl (C=O) groups excluding carboxylic acids is 1. The van der Waals surface area contributed by atoms with Crippen molar-refractivity contribution in [3.63, 3.8) is 0 Å². The Morgan fingerprint density at radius 2 is 1.90 bits per heavy atom. The maximum absolute atomic E-state index is 12.8. The lowest BCUT2D eigenvalue weighted by Crippen LogP contribution is -2.40. The van der Waals surface area contributed by atoms with Crippen LogP contribution in [0.25, 0.3) is 0 Å². The van der Waals surface area contributed by atoms with Gasteiger partial charge in [-0.25, -0.2) is 9.97 Å². The Balaban J connectivity index is 1.51. The largest absolute Gasteiger partial charge is 0.363 e. The molecular formula is C21H30N6OS. The molecule has 3 rings (SSSR count). The van der Waals surface area contributed by atoms with Gasteiger partial charge in [0.15, 0.2) is 0 Å². The van der Waals surface area contributed by atoms with Crippen LogP contribution < -0.4 is 15.5 Å². The van der Waals surface area contributed by atoms with E-state index in [-0.39, 0.29) is 11.9 Å². The fourth-order valence-electron chi connectivity index (χ4n) is 3.37. The molecule has 8 heteroatoms. The quantitative estimate of drug-likeness (QED) is 0.639. The standard InChI is InChI=1S/C21H30N6OS/c1-4-14-29-20-17(6-5-12-22-20)19(28)24-15-7-9-16(10-8-15)25-21-23-13-11-18(26-21)27(2)3/h5-6,11-13,15-16H,4,7-10,14H2,1-3H3,(H,24,28)(H,23,25,26)/t15-,16+. The summed E-state index contributed by atoms with van der Waals surface area (Å²) < 4.78 is 0. The third-order valence-electron chi connectivity index (χ3n) is 4.95. The smallest absolute Gasteiger partial charge is 0.254 e. The number of amides is 1. The minimum Gasteiger partial charge on any atom is -0.363 e. The molecule has 7 nitrogen and oxygen atoms in total. The second-order valence-electron chi connectivity index (χ2n) is 7.50. The molecule has 2 aromatic rings. The lowest BCUT2D eigenvalue weighted by molar-refractivity contribution is 0.0923. The van der Waals surface area contributed by atoms with Gasteiger partial charge in [-0.3, -0.25) is 4.79 Å². The van der Waals surface area contributed by atoms with Crippen LogP contribution in [0, 0.1) is 0 Å². The van der Waals surface area contributed by atoms with Crippen molar-refractivity contribution in [3.8, 4) is 0 Å². The van der Waals surface area contributed by atoms with Crippen molar-refractivity contribution < 1.29 is 4.79 Å². The van der Waals surface area contributed by atoms with Crippen molar-refractivity contribution in [2.24, 2.45) is 0 Å². The van der Waals surface area contributed by atoms with Crippen molar-refractivity contribution in [1.29, 1.82) is 0 Å². The number of aromatic nitrogens is 3. The number of rotatable bonds is 8. The van der Waals surface area contributed by atoms with Crippen molar-refractivity contribution in [1.82, 2.24) is 20.3 Å². The second-order valence-corrected chi connectivity index (χ2v) is 8.59. The monoisotopic (exact) mass is 414 g/mol. The number of hydrogen-bond donors (Lipinski definition) is 2. The van der Waals surface area contributed by atoms with Crippen molar-refractivity contribution >= 4 is 29.4 Å². The van der Waals surface area contributed by atoms with Crippen LogP contribution in [0.15, 0.2) is 35.6 Å². The number of thioether (sulfide) groups is 1. The molecule has 1 aliphatic rings. The first-order valence-electron chi connectivity index (χ1n) is 10.2. The van der Waals surface area contributed by atoms with E-state index in [4.69, 9.17) is 0 Å². The fourth-order valence-corrected chi connectivity index (χ4v) is 4.22. The van der Waals surface area contributed by atoms with Crippen LogP contribution in [-0.4, -0.2) is 52.8 Å². The average Bonchev–Trinajstić information content (AvgIpc) is 2.74. The zero-order valence-corrected chi connectivity index (χ0v) is 18.2. The Hall–Kier alpha value is -2.35. The highest BCUT2D eigenvalue weighted by molar-refractivity contribution is 7.99. The molecule has 1 aliphatic carbocycles. The molecule has 0 saturated heterocycles. The predicted octanol–water partition coefficient (Wildman–Crippen LogP) is 3.59. The summed E-state index contributed by atoms with van der Waals surface area (Å²) in [6.45, 7) is 2.13. The predicted molar refractivity (Wildman–Crippen MR) is 119 cm³/mol. The summed E-state index contributed by atoms with van der Waals surface area (Å²) in [4.78, 5) is 28.0. The van der Waals surface area contributed by atoms with Gasteiger partial charge in [0, 0.05) is 38.6 Å². The summed E-state index contributed by atoms with van der Waals surface area (Å²) in [6.07, 6.45) is 8.41. The number of pyridine rings is 1. The molecule has 156 valence electrons. The first-order valence-corrected chi connectivity index (χ1v) is 11.2. The first kappa shape index (κ1) is 21.4. The summed E-state index contributed by atoms with van der Waals surface area (Å²) in [7, 11) is 3.93. The van der Waals surface area contributed by atoms with Crippen LogP contribution >= 0.6 is 11.8 Å². The number of nitrogens with one attached hydrogen (secondary N) is 2. The Bertz CT molecular complexity index is 807. The SMILES string of the molecule is CCCSc1ncccc1C(=O)N[C@H]1CC[C@@H](Nc2nccc(N(C)C)n2)CC1. The van der Waals surface area contributed by atoms with Crippen LogP contribution in [0.2, 0.25) is 0 Å². The van der Waals surface area contributed by atoms with Crippen LogP contribution in [-0.2, 0) is 0 Å². The molecule has 29 heavy (non-hydrogen) atoms. The number of carbonyl (C=O) groups is 1. The average molecular weight is 415 g/mol. The van der Waals surface area contributed by atoms with Gasteiger partial charge in [-0.15, -0.1) is 11.8 Å². The molecular weight excluding hydrogens is 384 g/mol. The normalized spacial score (nSPS) is 18.9. The minimum absolute atomic E-state index is 0.0184. The zero-order chi connectivity index (χ0) is 20.6. The van der Waals surface area contributed by atoms with Crippen molar-refractivity contribution in [2.45, 2.75) is 56.1 Å². The van der Waals surface area contributed by atoms with Gasteiger partial charge in [-0.05, 0) is 56.1 Å². The van der Waals surface area contributed by atoms with Crippen LogP contribution in [0.5, 0.6) is 0 Å². The van der Waals surface area contributed by atoms with E-state index in [1.807, 2.05) is 37.2 Å². The molecule has 2 heterocycles. The Morgan fingerprint density at radius 1 is 1.14 bits per heavy atom. The zero-order valence-electron chi connectivity index (χ0n) is 17.4. The lowest BCUT2D eigenvalue weighted by atomic mass is 9.91. The summed E-state index contributed by atoms with van der Waals surface area (Å²) in [6, 6.07) is 6.10. The van der Waals surface area contributed by atoms with E-state index < -0.39 is 0 Å². The number of anilines is 2. The molecule has 1 saturated carbocycles. The van der Waals surface area contributed by atoms with Gasteiger partial charge in [-0.1, -0.05) is 6.92 Å². The van der Waals surface area contributed by atoms with Crippen LogP contribution in [0.4, 0.5) is 11.8 Å². The highest BCUT2D eigenvalue weighted by Crippen LogP contribution is 2.24. The Labute approximate surface area is 177 Å². The summed E-state index contributed by atoms with van der Waals surface area (Å²) in [5, 5.41) is 7.46. The van der Waals surface area contributed by atoms with Gasteiger partial charge in [0.1, 0.15) is 10.8 Å². The van der Waals surface area contributed by atoms with Gasteiger partial charge >= 0.3 is 0 Å². The highest BCUT2D eigenvalue weighted by atomic mass is 32.2. The van der Waals surface area contributed by atoms with Crippen LogP contribution in [0.3, 0.4) is 0 Å². The fraction of sp³-hybridized carbons (Fsp3) is 0.524. The van der Waals surface area contributed by atoms with E-state index in [2.05, 4.69) is 32.5 Å². The summed E-state index contributed by atoms with van der Waals surface area (Å²) >= 11 is 1.64. The molecule has 0 bridgehead atoms. The van der Waals surface area contributed by atoms with E-state index in [1.54, 1.807) is 24.2 Å². The van der Waals surface area contributed by atoms with E-state index in [0.717, 1.165) is 48.7 Å². The van der Waals surface area contributed by atoms with E-state index in [0.29, 0.717) is 17.6 Å². The minimum atomic E-state index is -0.0184. The molecule has 1 amide bonds. The van der Waals surface area contributed by atoms with Gasteiger partial charge in [0.2, 0.25) is 5.95 Å². The molecule has 0 spiro atoms. The van der Waals surface area contributed by atoms with Crippen molar-refractivity contribution in [2.75, 3.05) is 30.1 Å². The molecule has 1 fully saturated rings. The molecule has 2 N–H and O–H groups in total. The third kappa shape index (κ3) is 6.06. The van der Waals surface area contributed by atoms with E-state index in [9.17, 15) is 4.79 Å². The number of hydrogen-bond acceptors (Lipinski definition) is 7. The number of nitrogens with zero attached hydrogens (tertiary/aromatic N) is 4.